The summed E-state index contributed by atoms with van der Waals surface area (Å²) >= 11 is 0. The Labute approximate surface area is 144 Å². The van der Waals surface area contributed by atoms with E-state index in [4.69, 9.17) is 9.15 Å². The molecule has 1 atom stereocenters. The van der Waals surface area contributed by atoms with E-state index >= 15 is 0 Å². The predicted molar refractivity (Wildman–Crippen MR) is 89.3 cm³/mol. The van der Waals surface area contributed by atoms with E-state index in [1.165, 1.54) is 7.11 Å². The van der Waals surface area contributed by atoms with Crippen molar-refractivity contribution in [3.63, 3.8) is 0 Å². The van der Waals surface area contributed by atoms with Crippen molar-refractivity contribution < 1.29 is 23.8 Å². The molecule has 1 aromatic heterocycles. The molecule has 0 aliphatic heterocycles. The Bertz CT molecular complexity index is 855. The maximum atomic E-state index is 12.2. The first-order valence-electron chi connectivity index (χ1n) is 7.97. The van der Waals surface area contributed by atoms with Gasteiger partial charge in [0.15, 0.2) is 0 Å². The minimum absolute atomic E-state index is 0.0168. The number of hydrogen-bond donors (Lipinski definition) is 1. The number of ether oxygens (including phenoxy) is 1. The molecular formula is C18H20NO6-. The lowest BCUT2D eigenvalue weighted by Gasteiger charge is -2.17. The van der Waals surface area contributed by atoms with Crippen LogP contribution in [-0.4, -0.2) is 25.0 Å². The van der Waals surface area contributed by atoms with Crippen molar-refractivity contribution in [3.05, 3.63) is 39.7 Å². The quantitative estimate of drug-likeness (QED) is 0.739. The average molecular weight is 346 g/mol. The van der Waals surface area contributed by atoms with Gasteiger partial charge in [-0.1, -0.05) is 6.92 Å². The molecule has 0 radical (unpaired) electrons. The molecule has 1 N–H and O–H groups in total. The van der Waals surface area contributed by atoms with Crippen LogP contribution in [0.2, 0.25) is 0 Å². The van der Waals surface area contributed by atoms with Gasteiger partial charge in [-0.25, -0.2) is 4.79 Å². The van der Waals surface area contributed by atoms with Crippen LogP contribution in [0.15, 0.2) is 27.4 Å². The molecule has 0 aliphatic carbocycles. The largest absolute Gasteiger partial charge is 0.548 e. The molecule has 25 heavy (non-hydrogen) atoms. The van der Waals surface area contributed by atoms with E-state index in [1.807, 2.05) is 0 Å². The van der Waals surface area contributed by atoms with Gasteiger partial charge in [0, 0.05) is 23.4 Å². The van der Waals surface area contributed by atoms with Crippen LogP contribution in [0.1, 0.15) is 30.9 Å². The molecule has 134 valence electrons. The summed E-state index contributed by atoms with van der Waals surface area (Å²) in [5.41, 5.74) is 1.03. The first-order valence-corrected chi connectivity index (χ1v) is 7.97. The lowest BCUT2D eigenvalue weighted by Crippen LogP contribution is -2.47. The molecule has 2 aromatic rings. The lowest BCUT2D eigenvalue weighted by molar-refractivity contribution is -0.308. The molecule has 7 nitrogen and oxygen atoms in total. The monoisotopic (exact) mass is 346 g/mol. The fraction of sp³-hybridized carbons (Fsp3) is 0.389. The summed E-state index contributed by atoms with van der Waals surface area (Å²) in [5, 5.41) is 14.0. The SMILES string of the molecule is CC[C@H](NC(=O)CCc1c(C)c2ccc(OC)cc2oc1=O)C(=O)[O-]. The van der Waals surface area contributed by atoms with E-state index in [0.29, 0.717) is 16.9 Å². The predicted octanol–water partition coefficient (Wildman–Crippen LogP) is 0.687. The number of fused-ring (bicyclic) bond motifs is 1. The van der Waals surface area contributed by atoms with E-state index in [0.717, 1.165) is 10.9 Å². The normalized spacial score (nSPS) is 12.0. The van der Waals surface area contributed by atoms with Crippen LogP contribution in [0, 0.1) is 6.92 Å². The van der Waals surface area contributed by atoms with E-state index in [2.05, 4.69) is 5.32 Å². The van der Waals surface area contributed by atoms with E-state index in [1.54, 1.807) is 32.0 Å². The van der Waals surface area contributed by atoms with Crippen LogP contribution < -0.4 is 20.8 Å². The number of amides is 1. The van der Waals surface area contributed by atoms with Gasteiger partial charge >= 0.3 is 5.63 Å². The summed E-state index contributed by atoms with van der Waals surface area (Å²) in [4.78, 5) is 35.0. The Kier molecular flexibility index (Phi) is 5.80. The molecule has 7 heteroatoms. The summed E-state index contributed by atoms with van der Waals surface area (Å²) in [6.07, 6.45) is 0.371. The minimum atomic E-state index is -1.33. The highest BCUT2D eigenvalue weighted by Crippen LogP contribution is 2.24. The van der Waals surface area contributed by atoms with Crippen LogP contribution in [0.25, 0.3) is 11.0 Å². The highest BCUT2D eigenvalue weighted by molar-refractivity contribution is 5.84. The van der Waals surface area contributed by atoms with Gasteiger partial charge in [0.05, 0.1) is 19.1 Å². The van der Waals surface area contributed by atoms with Gasteiger partial charge in [0.1, 0.15) is 11.3 Å². The number of carboxylic acid groups (broad SMARTS) is 1. The Morgan fingerprint density at radius 1 is 1.36 bits per heavy atom. The maximum Gasteiger partial charge on any atom is 0.339 e. The third-order valence-corrected chi connectivity index (χ3v) is 4.12. The van der Waals surface area contributed by atoms with Crippen LogP contribution in [0.3, 0.4) is 0 Å². The Hall–Kier alpha value is -2.83. The van der Waals surface area contributed by atoms with Crippen LogP contribution in [0.5, 0.6) is 5.75 Å². The number of aryl methyl sites for hydroxylation is 1. The number of nitrogens with one attached hydrogen (secondary N) is 1. The minimum Gasteiger partial charge on any atom is -0.548 e. The van der Waals surface area contributed by atoms with Crippen molar-refractivity contribution in [2.75, 3.05) is 7.11 Å². The van der Waals surface area contributed by atoms with Crippen LogP contribution in [0.4, 0.5) is 0 Å². The number of hydrogen-bond acceptors (Lipinski definition) is 6. The molecule has 0 saturated carbocycles. The van der Waals surface area contributed by atoms with Gasteiger partial charge in [-0.15, -0.1) is 0 Å². The molecule has 0 fully saturated rings. The molecule has 0 spiro atoms. The second-order valence-electron chi connectivity index (χ2n) is 5.70. The number of carboxylic acids is 1. The van der Waals surface area contributed by atoms with Crippen molar-refractivity contribution >= 4 is 22.8 Å². The van der Waals surface area contributed by atoms with Crippen LogP contribution in [-0.2, 0) is 16.0 Å². The zero-order chi connectivity index (χ0) is 18.6. The first-order chi connectivity index (χ1) is 11.9. The fourth-order valence-corrected chi connectivity index (χ4v) is 2.62. The molecule has 0 bridgehead atoms. The Balaban J connectivity index is 2.20. The lowest BCUT2D eigenvalue weighted by atomic mass is 10.0. The summed E-state index contributed by atoms with van der Waals surface area (Å²) < 4.78 is 10.4. The van der Waals surface area contributed by atoms with Crippen molar-refractivity contribution in [3.8, 4) is 5.75 Å². The number of rotatable bonds is 7. The van der Waals surface area contributed by atoms with E-state index < -0.39 is 23.5 Å². The van der Waals surface area contributed by atoms with E-state index in [9.17, 15) is 19.5 Å². The Morgan fingerprint density at radius 3 is 2.68 bits per heavy atom. The summed E-state index contributed by atoms with van der Waals surface area (Å²) in [6.45, 7) is 3.42. The Morgan fingerprint density at radius 2 is 2.08 bits per heavy atom. The average Bonchev–Trinajstić information content (AvgIpc) is 2.58. The zero-order valence-electron chi connectivity index (χ0n) is 14.4. The molecule has 1 aromatic carbocycles. The second-order valence-corrected chi connectivity index (χ2v) is 5.70. The number of methoxy groups -OCH3 is 1. The van der Waals surface area contributed by atoms with Crippen LogP contribution >= 0.6 is 0 Å². The molecule has 0 saturated heterocycles. The van der Waals surface area contributed by atoms with Gasteiger partial charge in [-0.3, -0.25) is 4.79 Å². The van der Waals surface area contributed by atoms with Gasteiger partial charge in [0.2, 0.25) is 5.91 Å². The number of aliphatic carboxylic acids is 1. The third-order valence-electron chi connectivity index (χ3n) is 4.12. The molecule has 1 heterocycles. The summed E-state index contributed by atoms with van der Waals surface area (Å²) in [7, 11) is 1.52. The molecule has 1 amide bonds. The molecule has 0 unspecified atom stereocenters. The van der Waals surface area contributed by atoms with Crippen molar-refractivity contribution in [2.24, 2.45) is 0 Å². The third kappa shape index (κ3) is 4.17. The van der Waals surface area contributed by atoms with Gasteiger partial charge < -0.3 is 24.4 Å². The summed E-state index contributed by atoms with van der Waals surface area (Å²) in [6, 6.07) is 4.15. The highest BCUT2D eigenvalue weighted by Gasteiger charge is 2.15. The molecular weight excluding hydrogens is 326 g/mol. The van der Waals surface area contributed by atoms with Crippen molar-refractivity contribution in [1.29, 1.82) is 0 Å². The van der Waals surface area contributed by atoms with Crippen molar-refractivity contribution in [1.82, 2.24) is 5.32 Å². The standard InChI is InChI=1S/C18H21NO6/c1-4-14(17(21)22)19-16(20)8-7-13-10(2)12-6-5-11(24-3)9-15(12)25-18(13)23/h5-6,9,14H,4,7-8H2,1-3H3,(H,19,20)(H,21,22)/p-1/t14-/m0/s1. The van der Waals surface area contributed by atoms with E-state index in [-0.39, 0.29) is 19.3 Å². The zero-order valence-corrected chi connectivity index (χ0v) is 14.4. The second kappa shape index (κ2) is 7.83. The topological polar surface area (TPSA) is 109 Å². The van der Waals surface area contributed by atoms with Gasteiger partial charge in [-0.05, 0) is 37.5 Å². The number of carbonyl (C=O) groups is 2. The maximum absolute atomic E-state index is 12.2. The number of carbonyl (C=O) groups excluding carboxylic acids is 2. The van der Waals surface area contributed by atoms with Gasteiger partial charge in [0.25, 0.3) is 0 Å². The fourth-order valence-electron chi connectivity index (χ4n) is 2.62. The number of benzene rings is 1. The first kappa shape index (κ1) is 18.5. The van der Waals surface area contributed by atoms with Crippen molar-refractivity contribution in [2.45, 2.75) is 39.2 Å². The molecule has 2 rings (SSSR count). The van der Waals surface area contributed by atoms with Gasteiger partial charge in [-0.2, -0.15) is 0 Å². The molecule has 0 aliphatic rings. The summed E-state index contributed by atoms with van der Waals surface area (Å²) in [5.74, 6) is -1.20. The smallest absolute Gasteiger partial charge is 0.339 e. The highest BCUT2D eigenvalue weighted by atomic mass is 16.5.